The van der Waals surface area contributed by atoms with Gasteiger partial charge in [0.25, 0.3) is 0 Å². The summed E-state index contributed by atoms with van der Waals surface area (Å²) in [6.45, 7) is 3.43. The zero-order valence-corrected chi connectivity index (χ0v) is 16.5. The van der Waals surface area contributed by atoms with Crippen molar-refractivity contribution in [2.75, 3.05) is 36.4 Å². The second-order valence-corrected chi connectivity index (χ2v) is 10.0. The number of carbonyl (C=O) groups is 2. The van der Waals surface area contributed by atoms with Gasteiger partial charge < -0.3 is 15.1 Å². The average molecular weight is 380 g/mol. The molecule has 6 aliphatic rings. The van der Waals surface area contributed by atoms with Crippen molar-refractivity contribution in [3.05, 3.63) is 23.8 Å². The molecule has 1 saturated heterocycles. The van der Waals surface area contributed by atoms with E-state index in [1.54, 1.807) is 0 Å². The first kappa shape index (κ1) is 16.9. The number of nitrogens with one attached hydrogen (secondary N) is 1. The Bertz CT molecular complexity index is 805. The van der Waals surface area contributed by atoms with Crippen molar-refractivity contribution in [1.29, 1.82) is 0 Å². The molecule has 2 heterocycles. The van der Waals surface area contributed by atoms with Crippen molar-refractivity contribution in [3.8, 4) is 0 Å². The smallest absolute Gasteiger partial charge is 0.228 e. The maximum absolute atomic E-state index is 13.5. The van der Waals surface area contributed by atoms with E-state index in [0.717, 1.165) is 74.4 Å². The third-order valence-corrected chi connectivity index (χ3v) is 8.14. The highest BCUT2D eigenvalue weighted by Crippen LogP contribution is 2.60. The van der Waals surface area contributed by atoms with Crippen molar-refractivity contribution in [3.63, 3.8) is 0 Å². The Morgan fingerprint density at radius 1 is 0.964 bits per heavy atom. The molecule has 4 bridgehead atoms. The molecule has 2 aliphatic heterocycles. The largest absolute Gasteiger partial charge is 0.368 e. The first-order valence-electron chi connectivity index (χ1n) is 11.1. The lowest BCUT2D eigenvalue weighted by atomic mass is 9.49. The van der Waals surface area contributed by atoms with E-state index in [1.165, 1.54) is 24.9 Å². The van der Waals surface area contributed by atoms with Gasteiger partial charge in [-0.3, -0.25) is 9.59 Å². The van der Waals surface area contributed by atoms with Crippen LogP contribution in [-0.4, -0.2) is 42.9 Å². The summed E-state index contributed by atoms with van der Waals surface area (Å²) in [5.74, 6) is 3.01. The van der Waals surface area contributed by atoms with Crippen LogP contribution in [0, 0.1) is 23.2 Å². The van der Waals surface area contributed by atoms with Crippen LogP contribution >= 0.6 is 0 Å². The molecule has 0 unspecified atom stereocenters. The Morgan fingerprint density at radius 2 is 1.61 bits per heavy atom. The first-order valence-corrected chi connectivity index (χ1v) is 11.1. The Kier molecular flexibility index (Phi) is 3.60. The van der Waals surface area contributed by atoms with Crippen LogP contribution in [0.5, 0.6) is 0 Å². The van der Waals surface area contributed by atoms with Crippen LogP contribution in [0.15, 0.2) is 18.2 Å². The number of amides is 2. The molecule has 0 atom stereocenters. The number of nitrogens with zero attached hydrogens (tertiary/aromatic N) is 2. The highest BCUT2D eigenvalue weighted by molar-refractivity contribution is 5.99. The van der Waals surface area contributed by atoms with Gasteiger partial charge in [0.05, 0.1) is 11.8 Å². The number of benzene rings is 1. The third-order valence-electron chi connectivity index (χ3n) is 8.14. The SMILES string of the molecule is O=C1Cc2cc(N3CCN(C(=O)C45CC6CC(CC(C6)C4)C5)CC3)ccc2N1. The van der Waals surface area contributed by atoms with Gasteiger partial charge in [-0.15, -0.1) is 0 Å². The molecule has 5 fully saturated rings. The fourth-order valence-corrected chi connectivity index (χ4v) is 7.29. The Morgan fingerprint density at radius 3 is 2.25 bits per heavy atom. The molecule has 1 aromatic carbocycles. The lowest BCUT2D eigenvalue weighted by Crippen LogP contribution is -2.58. The van der Waals surface area contributed by atoms with E-state index in [1.807, 2.05) is 6.07 Å². The number of piperazine rings is 1. The van der Waals surface area contributed by atoms with Crippen molar-refractivity contribution in [2.24, 2.45) is 23.2 Å². The minimum atomic E-state index is -0.0173. The van der Waals surface area contributed by atoms with Gasteiger partial charge in [0.2, 0.25) is 11.8 Å². The maximum atomic E-state index is 13.5. The Balaban J connectivity index is 1.14. The molecule has 28 heavy (non-hydrogen) atoms. The molecule has 2 amide bonds. The van der Waals surface area contributed by atoms with E-state index in [2.05, 4.69) is 27.2 Å². The molecule has 5 nitrogen and oxygen atoms in total. The number of rotatable bonds is 2. The Hall–Kier alpha value is -2.04. The van der Waals surface area contributed by atoms with Gasteiger partial charge in [-0.05, 0) is 80.0 Å². The molecular formula is C23H29N3O2. The van der Waals surface area contributed by atoms with Crippen LogP contribution in [-0.2, 0) is 16.0 Å². The molecule has 7 rings (SSSR count). The molecular weight excluding hydrogens is 350 g/mol. The van der Waals surface area contributed by atoms with Crippen LogP contribution in [0.2, 0.25) is 0 Å². The minimum Gasteiger partial charge on any atom is -0.368 e. The van der Waals surface area contributed by atoms with Gasteiger partial charge in [0, 0.05) is 37.6 Å². The summed E-state index contributed by atoms with van der Waals surface area (Å²) in [6.07, 6.45) is 8.10. The van der Waals surface area contributed by atoms with E-state index in [-0.39, 0.29) is 11.3 Å². The third kappa shape index (κ3) is 2.58. The minimum absolute atomic E-state index is 0.0173. The highest BCUT2D eigenvalue weighted by Gasteiger charge is 2.55. The molecule has 1 aromatic rings. The monoisotopic (exact) mass is 379 g/mol. The van der Waals surface area contributed by atoms with Crippen molar-refractivity contribution < 1.29 is 9.59 Å². The van der Waals surface area contributed by atoms with Crippen molar-refractivity contribution in [1.82, 2.24) is 4.90 Å². The zero-order valence-electron chi connectivity index (χ0n) is 16.5. The molecule has 1 N–H and O–H groups in total. The van der Waals surface area contributed by atoms with E-state index >= 15 is 0 Å². The summed E-state index contributed by atoms with van der Waals surface area (Å²) in [5.41, 5.74) is 3.20. The van der Waals surface area contributed by atoms with Gasteiger partial charge in [0.15, 0.2) is 0 Å². The van der Waals surface area contributed by atoms with E-state index in [9.17, 15) is 9.59 Å². The quantitative estimate of drug-likeness (QED) is 0.859. The Labute approximate surface area is 166 Å². The summed E-state index contributed by atoms with van der Waals surface area (Å²) >= 11 is 0. The van der Waals surface area contributed by atoms with Gasteiger partial charge in [0.1, 0.15) is 0 Å². The number of hydrogen-bond donors (Lipinski definition) is 1. The topological polar surface area (TPSA) is 52.7 Å². The van der Waals surface area contributed by atoms with Gasteiger partial charge in [-0.2, -0.15) is 0 Å². The number of hydrogen-bond acceptors (Lipinski definition) is 3. The molecule has 148 valence electrons. The summed E-state index contributed by atoms with van der Waals surface area (Å²) in [5, 5.41) is 2.90. The van der Waals surface area contributed by atoms with Crippen molar-refractivity contribution >= 4 is 23.2 Å². The normalized spacial score (nSPS) is 35.9. The predicted octanol–water partition coefficient (Wildman–Crippen LogP) is 3.05. The van der Waals surface area contributed by atoms with E-state index in [0.29, 0.717) is 12.3 Å². The second-order valence-electron chi connectivity index (χ2n) is 10.0. The molecule has 0 aromatic heterocycles. The van der Waals surface area contributed by atoms with Gasteiger partial charge >= 0.3 is 0 Å². The second kappa shape index (κ2) is 5.98. The first-order chi connectivity index (χ1) is 13.6. The van der Waals surface area contributed by atoms with Crippen LogP contribution in [0.4, 0.5) is 11.4 Å². The molecule has 4 aliphatic carbocycles. The molecule has 0 spiro atoms. The zero-order chi connectivity index (χ0) is 18.9. The fraction of sp³-hybridized carbons (Fsp3) is 0.652. The summed E-state index contributed by atoms with van der Waals surface area (Å²) in [7, 11) is 0. The average Bonchev–Trinajstić information content (AvgIpc) is 3.05. The van der Waals surface area contributed by atoms with Crippen molar-refractivity contribution in [2.45, 2.75) is 44.9 Å². The van der Waals surface area contributed by atoms with Gasteiger partial charge in [-0.1, -0.05) is 0 Å². The lowest BCUT2D eigenvalue weighted by Gasteiger charge is -2.57. The predicted molar refractivity (Wildman–Crippen MR) is 108 cm³/mol. The number of fused-ring (bicyclic) bond motifs is 1. The number of anilines is 2. The number of carbonyl (C=O) groups excluding carboxylic acids is 2. The van der Waals surface area contributed by atoms with E-state index < -0.39 is 0 Å². The van der Waals surface area contributed by atoms with Crippen LogP contribution in [0.25, 0.3) is 0 Å². The van der Waals surface area contributed by atoms with Crippen LogP contribution in [0.1, 0.15) is 44.1 Å². The van der Waals surface area contributed by atoms with Crippen LogP contribution in [0.3, 0.4) is 0 Å². The highest BCUT2D eigenvalue weighted by atomic mass is 16.2. The maximum Gasteiger partial charge on any atom is 0.228 e. The van der Waals surface area contributed by atoms with Crippen LogP contribution < -0.4 is 10.2 Å². The lowest BCUT2D eigenvalue weighted by molar-refractivity contribution is -0.158. The van der Waals surface area contributed by atoms with E-state index in [4.69, 9.17) is 0 Å². The standard InChI is InChI=1S/C23H29N3O2/c27-21-11-18-10-19(1-2-20(18)24-21)25-3-5-26(6-4-25)22(28)23-12-15-7-16(13-23)9-17(8-15)14-23/h1-2,10,15-17H,3-9,11-14H2,(H,24,27). The summed E-state index contributed by atoms with van der Waals surface area (Å²) < 4.78 is 0. The molecule has 5 heteroatoms. The van der Waals surface area contributed by atoms with Gasteiger partial charge in [-0.25, -0.2) is 0 Å². The molecule has 4 saturated carbocycles. The fourth-order valence-electron chi connectivity index (χ4n) is 7.29. The summed E-state index contributed by atoms with van der Waals surface area (Å²) in [4.78, 5) is 29.7. The summed E-state index contributed by atoms with van der Waals surface area (Å²) in [6, 6.07) is 6.26. The molecule has 0 radical (unpaired) electrons.